The Bertz CT molecular complexity index is 106. The Morgan fingerprint density at radius 1 is 1.00 bits per heavy atom. The van der Waals surface area contributed by atoms with Crippen LogP contribution in [0.1, 0.15) is 58.8 Å². The van der Waals surface area contributed by atoms with Gasteiger partial charge in [-0.3, -0.25) is 0 Å². The van der Waals surface area contributed by atoms with Crippen molar-refractivity contribution in [1.82, 2.24) is 0 Å². The van der Waals surface area contributed by atoms with Gasteiger partial charge in [0.1, 0.15) is 0 Å². The summed E-state index contributed by atoms with van der Waals surface area (Å²) in [4.78, 5) is 0.564. The first-order valence-electron chi connectivity index (χ1n) is 6.03. The van der Waals surface area contributed by atoms with E-state index in [4.69, 9.17) is 4.74 Å². The van der Waals surface area contributed by atoms with Gasteiger partial charge in [-0.2, -0.15) is 0 Å². The first-order chi connectivity index (χ1) is 6.81. The van der Waals surface area contributed by atoms with Crippen LogP contribution in [0.25, 0.3) is 0 Å². The van der Waals surface area contributed by atoms with Crippen molar-refractivity contribution < 1.29 is 4.74 Å². The number of hydrogen-bond donors (Lipinski definition) is 0. The summed E-state index contributed by atoms with van der Waals surface area (Å²) in [6.07, 6.45) is 9.01. The van der Waals surface area contributed by atoms with Crippen LogP contribution in [0.4, 0.5) is 0 Å². The molecule has 0 saturated carbocycles. The van der Waals surface area contributed by atoms with E-state index in [2.05, 4.69) is 29.8 Å². The second-order valence-corrected chi connectivity index (χ2v) is 5.17. The van der Waals surface area contributed by atoms with E-state index in [-0.39, 0.29) is 0 Å². The molecule has 1 unspecified atom stereocenters. The number of hydrogen-bond acceptors (Lipinski definition) is 1. The highest BCUT2D eigenvalue weighted by molar-refractivity contribution is 9.09. The zero-order chi connectivity index (χ0) is 10.6. The predicted molar refractivity (Wildman–Crippen MR) is 67.2 cm³/mol. The molecule has 0 rings (SSSR count). The fourth-order valence-electron chi connectivity index (χ4n) is 1.35. The fourth-order valence-corrected chi connectivity index (χ4v) is 1.86. The molecule has 0 aliphatic heterocycles. The van der Waals surface area contributed by atoms with Crippen LogP contribution in [0.5, 0.6) is 0 Å². The second kappa shape index (κ2) is 11.5. The molecule has 0 aromatic rings. The molecule has 0 amide bonds. The number of halogens is 1. The lowest BCUT2D eigenvalue weighted by Gasteiger charge is -2.09. The zero-order valence-electron chi connectivity index (χ0n) is 9.73. The van der Waals surface area contributed by atoms with Gasteiger partial charge in [0, 0.05) is 11.4 Å². The quantitative estimate of drug-likeness (QED) is 0.416. The Morgan fingerprint density at radius 2 is 1.71 bits per heavy atom. The van der Waals surface area contributed by atoms with Crippen LogP contribution in [0.15, 0.2) is 0 Å². The third-order valence-corrected chi connectivity index (χ3v) is 3.03. The highest BCUT2D eigenvalue weighted by atomic mass is 79.9. The van der Waals surface area contributed by atoms with E-state index in [9.17, 15) is 0 Å². The van der Waals surface area contributed by atoms with Crippen molar-refractivity contribution >= 4 is 15.9 Å². The first-order valence-corrected chi connectivity index (χ1v) is 6.94. The smallest absolute Gasteiger partial charge is 0.0591 e. The van der Waals surface area contributed by atoms with E-state index >= 15 is 0 Å². The molecule has 0 saturated heterocycles. The third kappa shape index (κ3) is 10.5. The fraction of sp³-hybridized carbons (Fsp3) is 1.00. The molecule has 0 spiro atoms. The Balaban J connectivity index is 3.02. The van der Waals surface area contributed by atoms with E-state index in [1.807, 2.05) is 0 Å². The van der Waals surface area contributed by atoms with Crippen LogP contribution < -0.4 is 0 Å². The maximum absolute atomic E-state index is 5.59. The normalized spacial score (nSPS) is 13.1. The number of alkyl halides is 1. The third-order valence-electron chi connectivity index (χ3n) is 2.31. The topological polar surface area (TPSA) is 9.23 Å². The lowest BCUT2D eigenvalue weighted by molar-refractivity contribution is 0.130. The molecule has 86 valence electrons. The van der Waals surface area contributed by atoms with Crippen molar-refractivity contribution in [2.45, 2.75) is 63.6 Å². The maximum Gasteiger partial charge on any atom is 0.0591 e. The van der Waals surface area contributed by atoms with Gasteiger partial charge < -0.3 is 4.74 Å². The van der Waals surface area contributed by atoms with Gasteiger partial charge in [-0.15, -0.1) is 0 Å². The largest absolute Gasteiger partial charge is 0.380 e. The first kappa shape index (κ1) is 14.4. The zero-order valence-corrected chi connectivity index (χ0v) is 11.3. The summed E-state index contributed by atoms with van der Waals surface area (Å²) in [5, 5.41) is 0. The lowest BCUT2D eigenvalue weighted by atomic mass is 10.2. The summed E-state index contributed by atoms with van der Waals surface area (Å²) in [7, 11) is 0. The molecule has 0 heterocycles. The van der Waals surface area contributed by atoms with Crippen molar-refractivity contribution in [2.24, 2.45) is 0 Å². The average molecular weight is 265 g/mol. The monoisotopic (exact) mass is 264 g/mol. The van der Waals surface area contributed by atoms with Crippen LogP contribution in [-0.4, -0.2) is 18.0 Å². The summed E-state index contributed by atoms with van der Waals surface area (Å²) >= 11 is 3.64. The molecule has 0 aromatic carbocycles. The Morgan fingerprint density at radius 3 is 2.36 bits per heavy atom. The summed E-state index contributed by atoms with van der Waals surface area (Å²) in [6, 6.07) is 0. The van der Waals surface area contributed by atoms with Gasteiger partial charge in [0.15, 0.2) is 0 Å². The van der Waals surface area contributed by atoms with E-state index in [1.54, 1.807) is 0 Å². The van der Waals surface area contributed by atoms with Gasteiger partial charge in [0.25, 0.3) is 0 Å². The van der Waals surface area contributed by atoms with Gasteiger partial charge in [-0.1, -0.05) is 61.9 Å². The predicted octanol–water partition coefficient (Wildman–Crippen LogP) is 4.54. The second-order valence-electron chi connectivity index (χ2n) is 3.88. The highest BCUT2D eigenvalue weighted by Gasteiger charge is 2.02. The summed E-state index contributed by atoms with van der Waals surface area (Å²) in [6.45, 7) is 6.28. The Labute approximate surface area is 97.7 Å². The summed E-state index contributed by atoms with van der Waals surface area (Å²) < 4.78 is 5.59. The minimum absolute atomic E-state index is 0.564. The van der Waals surface area contributed by atoms with Crippen molar-refractivity contribution in [3.05, 3.63) is 0 Å². The van der Waals surface area contributed by atoms with Gasteiger partial charge in [-0.05, 0) is 12.8 Å². The van der Waals surface area contributed by atoms with Crippen LogP contribution in [0, 0.1) is 0 Å². The Hall–Kier alpha value is 0.440. The molecule has 0 N–H and O–H groups in total. The van der Waals surface area contributed by atoms with E-state index in [0.29, 0.717) is 4.83 Å². The molecule has 0 aliphatic carbocycles. The maximum atomic E-state index is 5.59. The van der Waals surface area contributed by atoms with E-state index in [0.717, 1.165) is 13.2 Å². The van der Waals surface area contributed by atoms with Crippen LogP contribution in [0.3, 0.4) is 0 Å². The Kier molecular flexibility index (Phi) is 11.9. The van der Waals surface area contributed by atoms with Crippen molar-refractivity contribution in [1.29, 1.82) is 0 Å². The van der Waals surface area contributed by atoms with E-state index < -0.39 is 0 Å². The standard InChI is InChI=1S/C12H25BrO/c1-3-5-7-8-10-14-11-12(13)9-6-4-2/h12H,3-11H2,1-2H3. The number of rotatable bonds is 10. The van der Waals surface area contributed by atoms with Crippen molar-refractivity contribution in [3.63, 3.8) is 0 Å². The lowest BCUT2D eigenvalue weighted by Crippen LogP contribution is -2.09. The van der Waals surface area contributed by atoms with Gasteiger partial charge >= 0.3 is 0 Å². The van der Waals surface area contributed by atoms with Crippen molar-refractivity contribution in [2.75, 3.05) is 13.2 Å². The molecule has 0 aliphatic rings. The van der Waals surface area contributed by atoms with Crippen LogP contribution in [0.2, 0.25) is 0 Å². The summed E-state index contributed by atoms with van der Waals surface area (Å²) in [5.41, 5.74) is 0. The van der Waals surface area contributed by atoms with Gasteiger partial charge in [0.05, 0.1) is 6.61 Å². The minimum Gasteiger partial charge on any atom is -0.380 e. The van der Waals surface area contributed by atoms with Crippen molar-refractivity contribution in [3.8, 4) is 0 Å². The molecule has 1 nitrogen and oxygen atoms in total. The highest BCUT2D eigenvalue weighted by Crippen LogP contribution is 2.10. The van der Waals surface area contributed by atoms with Gasteiger partial charge in [0.2, 0.25) is 0 Å². The molecular formula is C12H25BrO. The van der Waals surface area contributed by atoms with Crippen LogP contribution in [-0.2, 0) is 4.74 Å². The van der Waals surface area contributed by atoms with E-state index in [1.165, 1.54) is 44.9 Å². The summed E-state index contributed by atoms with van der Waals surface area (Å²) in [5.74, 6) is 0. The molecule has 0 bridgehead atoms. The SMILES string of the molecule is CCCCCCOCC(Br)CCCC. The molecule has 14 heavy (non-hydrogen) atoms. The molecule has 2 heteroatoms. The van der Waals surface area contributed by atoms with Crippen LogP contribution >= 0.6 is 15.9 Å². The minimum atomic E-state index is 0.564. The molecule has 0 aromatic heterocycles. The number of unbranched alkanes of at least 4 members (excludes halogenated alkanes) is 4. The molecule has 1 atom stereocenters. The number of ether oxygens (including phenoxy) is 1. The average Bonchev–Trinajstić information content (AvgIpc) is 2.20. The van der Waals surface area contributed by atoms with Gasteiger partial charge in [-0.25, -0.2) is 0 Å². The molecule has 0 radical (unpaired) electrons. The molecular weight excluding hydrogens is 240 g/mol. The molecule has 0 fully saturated rings.